The van der Waals surface area contributed by atoms with E-state index in [1.165, 1.54) is 12.1 Å². The second-order valence-electron chi connectivity index (χ2n) is 4.43. The molecule has 0 aliphatic rings. The van der Waals surface area contributed by atoms with Gasteiger partial charge in [-0.05, 0) is 12.1 Å². The Balaban J connectivity index is 2.35. The third kappa shape index (κ3) is 6.51. The van der Waals surface area contributed by atoms with E-state index in [9.17, 15) is 29.3 Å². The van der Waals surface area contributed by atoms with Crippen molar-refractivity contribution in [3.05, 3.63) is 39.9 Å². The molecule has 0 radical (unpaired) electrons. The van der Waals surface area contributed by atoms with Gasteiger partial charge in [-0.2, -0.15) is 0 Å². The summed E-state index contributed by atoms with van der Waals surface area (Å²) in [5.74, 6) is -3.18. The number of nitrogens with zero attached hydrogens (tertiary/aromatic N) is 1. The Morgan fingerprint density at radius 1 is 0.917 bits per heavy atom. The molecule has 128 valence electrons. The number of non-ortho nitro benzene ring substituents is 1. The van der Waals surface area contributed by atoms with Gasteiger partial charge in [0.15, 0.2) is 0 Å². The van der Waals surface area contributed by atoms with Gasteiger partial charge in [-0.25, -0.2) is 0 Å². The average molecular weight is 338 g/mol. The van der Waals surface area contributed by atoms with Crippen LogP contribution < -0.4 is 16.0 Å². The zero-order chi connectivity index (χ0) is 18.1. The smallest absolute Gasteiger partial charge is 0.322 e. The van der Waals surface area contributed by atoms with Gasteiger partial charge in [0, 0.05) is 17.7 Å². The van der Waals surface area contributed by atoms with Crippen LogP contribution in [0.2, 0.25) is 0 Å². The molecule has 0 fully saturated rings. The number of nitro groups is 1. The molecule has 11 nitrogen and oxygen atoms in total. The molecular formula is C13H14N4O7. The molecule has 0 heterocycles. The van der Waals surface area contributed by atoms with E-state index in [2.05, 4.69) is 10.6 Å². The van der Waals surface area contributed by atoms with Gasteiger partial charge < -0.3 is 21.1 Å². The standard InChI is InChI=1S/C13H14N4O7/c18-10(15-7-12(20)21)5-14-11(19)6-16-13(22)8-1-3-9(4-2-8)17(23)24/h1-4H,5-7H2,(H,14,19)(H,15,18)(H,16,22)(H,20,21). The fraction of sp³-hybridized carbons (Fsp3) is 0.231. The topological polar surface area (TPSA) is 168 Å². The lowest BCUT2D eigenvalue weighted by Crippen LogP contribution is -2.42. The fourth-order valence-corrected chi connectivity index (χ4v) is 1.48. The number of aliphatic carboxylic acids is 1. The summed E-state index contributed by atoms with van der Waals surface area (Å²) in [4.78, 5) is 54.5. The van der Waals surface area contributed by atoms with E-state index in [1.807, 2.05) is 5.32 Å². The van der Waals surface area contributed by atoms with Gasteiger partial charge >= 0.3 is 5.97 Å². The van der Waals surface area contributed by atoms with Crippen LogP contribution in [-0.2, 0) is 14.4 Å². The highest BCUT2D eigenvalue weighted by Crippen LogP contribution is 2.11. The van der Waals surface area contributed by atoms with Crippen LogP contribution in [0.1, 0.15) is 10.4 Å². The maximum Gasteiger partial charge on any atom is 0.322 e. The summed E-state index contributed by atoms with van der Waals surface area (Å²) in [5, 5.41) is 25.4. The Labute approximate surface area is 135 Å². The minimum atomic E-state index is -1.22. The number of carboxylic acid groups (broad SMARTS) is 1. The maximum absolute atomic E-state index is 11.7. The number of hydrogen-bond acceptors (Lipinski definition) is 6. The van der Waals surface area contributed by atoms with E-state index < -0.39 is 48.2 Å². The van der Waals surface area contributed by atoms with Gasteiger partial charge in [0.1, 0.15) is 6.54 Å². The summed E-state index contributed by atoms with van der Waals surface area (Å²) in [6.45, 7) is -1.41. The van der Waals surface area contributed by atoms with Crippen LogP contribution >= 0.6 is 0 Å². The zero-order valence-electron chi connectivity index (χ0n) is 12.3. The molecule has 1 aromatic carbocycles. The third-order valence-electron chi connectivity index (χ3n) is 2.63. The summed E-state index contributed by atoms with van der Waals surface area (Å²) >= 11 is 0. The lowest BCUT2D eigenvalue weighted by molar-refractivity contribution is -0.384. The second-order valence-corrected chi connectivity index (χ2v) is 4.43. The summed E-state index contributed by atoms with van der Waals surface area (Å²) in [6.07, 6.45) is 0. The number of nitrogens with one attached hydrogen (secondary N) is 3. The summed E-state index contributed by atoms with van der Waals surface area (Å²) in [5.41, 5.74) is -0.0377. The summed E-state index contributed by atoms with van der Waals surface area (Å²) < 4.78 is 0. The van der Waals surface area contributed by atoms with Crippen LogP contribution in [0.5, 0.6) is 0 Å². The molecule has 0 aromatic heterocycles. The zero-order valence-corrected chi connectivity index (χ0v) is 12.3. The van der Waals surface area contributed by atoms with E-state index in [1.54, 1.807) is 0 Å². The molecule has 1 aromatic rings. The van der Waals surface area contributed by atoms with E-state index in [4.69, 9.17) is 5.11 Å². The Morgan fingerprint density at radius 3 is 1.92 bits per heavy atom. The first-order chi connectivity index (χ1) is 11.3. The van der Waals surface area contributed by atoms with Crippen LogP contribution in [0.25, 0.3) is 0 Å². The van der Waals surface area contributed by atoms with Crippen molar-refractivity contribution in [1.82, 2.24) is 16.0 Å². The van der Waals surface area contributed by atoms with Crippen molar-refractivity contribution in [1.29, 1.82) is 0 Å². The van der Waals surface area contributed by atoms with E-state index >= 15 is 0 Å². The average Bonchev–Trinajstić information content (AvgIpc) is 2.55. The molecule has 4 N–H and O–H groups in total. The van der Waals surface area contributed by atoms with Crippen LogP contribution in [-0.4, -0.2) is 53.4 Å². The maximum atomic E-state index is 11.7. The number of amides is 3. The minimum absolute atomic E-state index is 0.132. The van der Waals surface area contributed by atoms with E-state index in [0.717, 1.165) is 12.1 Å². The van der Waals surface area contributed by atoms with E-state index in [-0.39, 0.29) is 11.3 Å². The largest absolute Gasteiger partial charge is 0.480 e. The molecule has 0 spiro atoms. The van der Waals surface area contributed by atoms with Gasteiger partial charge in [0.2, 0.25) is 11.8 Å². The van der Waals surface area contributed by atoms with Gasteiger partial charge in [-0.3, -0.25) is 29.3 Å². The lowest BCUT2D eigenvalue weighted by atomic mass is 10.2. The number of nitro benzene ring substituents is 1. The molecule has 0 aliphatic carbocycles. The Kier molecular flexibility index (Phi) is 6.82. The predicted molar refractivity (Wildman–Crippen MR) is 79.1 cm³/mol. The van der Waals surface area contributed by atoms with Gasteiger partial charge in [0.25, 0.3) is 11.6 Å². The van der Waals surface area contributed by atoms with Gasteiger partial charge in [-0.15, -0.1) is 0 Å². The first kappa shape index (κ1) is 18.5. The van der Waals surface area contributed by atoms with Crippen molar-refractivity contribution in [3.63, 3.8) is 0 Å². The number of rotatable bonds is 8. The molecule has 3 amide bonds. The molecule has 0 bridgehead atoms. The molecular weight excluding hydrogens is 324 g/mol. The highest BCUT2D eigenvalue weighted by atomic mass is 16.6. The Hall–Kier alpha value is -3.50. The summed E-state index contributed by atoms with van der Waals surface area (Å²) in [6, 6.07) is 4.79. The Morgan fingerprint density at radius 2 is 1.42 bits per heavy atom. The minimum Gasteiger partial charge on any atom is -0.480 e. The number of carboxylic acids is 1. The van der Waals surface area contributed by atoms with Crippen LogP contribution in [0, 0.1) is 10.1 Å². The lowest BCUT2D eigenvalue weighted by Gasteiger charge is -2.07. The van der Waals surface area contributed by atoms with Crippen LogP contribution in [0.3, 0.4) is 0 Å². The van der Waals surface area contributed by atoms with Crippen molar-refractivity contribution < 1.29 is 29.2 Å². The fourth-order valence-electron chi connectivity index (χ4n) is 1.48. The number of carbonyl (C=O) groups excluding carboxylic acids is 3. The first-order valence-electron chi connectivity index (χ1n) is 6.57. The molecule has 0 saturated carbocycles. The third-order valence-corrected chi connectivity index (χ3v) is 2.63. The van der Waals surface area contributed by atoms with Crippen molar-refractivity contribution in [2.75, 3.05) is 19.6 Å². The van der Waals surface area contributed by atoms with Crippen molar-refractivity contribution in [2.45, 2.75) is 0 Å². The Bertz CT molecular complexity index is 657. The first-order valence-corrected chi connectivity index (χ1v) is 6.57. The SMILES string of the molecule is O=C(O)CNC(=O)CNC(=O)CNC(=O)c1ccc([N+](=O)[O-])cc1. The monoisotopic (exact) mass is 338 g/mol. The second kappa shape index (κ2) is 8.82. The van der Waals surface area contributed by atoms with Gasteiger partial charge in [0.05, 0.1) is 18.0 Å². The molecule has 0 atom stereocenters. The van der Waals surface area contributed by atoms with Crippen LogP contribution in [0.15, 0.2) is 24.3 Å². The molecule has 0 unspecified atom stereocenters. The normalized spacial score (nSPS) is 9.67. The molecule has 1 rings (SSSR count). The summed E-state index contributed by atoms with van der Waals surface area (Å²) in [7, 11) is 0. The van der Waals surface area contributed by atoms with Crippen molar-refractivity contribution >= 4 is 29.4 Å². The van der Waals surface area contributed by atoms with Crippen LogP contribution in [0.4, 0.5) is 5.69 Å². The quantitative estimate of drug-likeness (QED) is 0.335. The molecule has 0 saturated heterocycles. The molecule has 0 aliphatic heterocycles. The number of hydrogen-bond donors (Lipinski definition) is 4. The predicted octanol–water partition coefficient (Wildman–Crippen LogP) is -1.36. The van der Waals surface area contributed by atoms with Crippen molar-refractivity contribution in [3.8, 4) is 0 Å². The van der Waals surface area contributed by atoms with E-state index in [0.29, 0.717) is 0 Å². The molecule has 11 heteroatoms. The highest BCUT2D eigenvalue weighted by Gasteiger charge is 2.11. The van der Waals surface area contributed by atoms with Gasteiger partial charge in [-0.1, -0.05) is 0 Å². The number of carbonyl (C=O) groups is 4. The highest BCUT2D eigenvalue weighted by molar-refractivity contribution is 5.97. The van der Waals surface area contributed by atoms with Crippen molar-refractivity contribution in [2.24, 2.45) is 0 Å². The molecule has 24 heavy (non-hydrogen) atoms. The number of benzene rings is 1.